The zero-order chi connectivity index (χ0) is 13.2. The minimum Gasteiger partial charge on any atom is -0.349 e. The molecule has 0 aromatic carbocycles. The Kier molecular flexibility index (Phi) is 3.76. The van der Waals surface area contributed by atoms with Crippen LogP contribution in [-0.4, -0.2) is 22.6 Å². The van der Waals surface area contributed by atoms with Gasteiger partial charge in [-0.2, -0.15) is 0 Å². The fourth-order valence-electron chi connectivity index (χ4n) is 2.73. The molecule has 0 aliphatic heterocycles. The van der Waals surface area contributed by atoms with Gasteiger partial charge in [-0.05, 0) is 30.9 Å². The summed E-state index contributed by atoms with van der Waals surface area (Å²) in [7, 11) is 1.87. The average Bonchev–Trinajstić information content (AvgIpc) is 2.77. The zero-order valence-corrected chi connectivity index (χ0v) is 11.3. The van der Waals surface area contributed by atoms with E-state index in [0.29, 0.717) is 18.2 Å². The van der Waals surface area contributed by atoms with Gasteiger partial charge in [0.2, 0.25) is 0 Å². The quantitative estimate of drug-likeness (QED) is 0.856. The molecular formula is C14H23N3O. The van der Waals surface area contributed by atoms with Crippen LogP contribution in [0.1, 0.15) is 43.1 Å². The van der Waals surface area contributed by atoms with Crippen LogP contribution in [0.2, 0.25) is 0 Å². The van der Waals surface area contributed by atoms with Crippen LogP contribution in [0.25, 0.3) is 0 Å². The van der Waals surface area contributed by atoms with Crippen LogP contribution in [-0.2, 0) is 7.05 Å². The fraction of sp³-hybridized carbons (Fsp3) is 0.643. The largest absolute Gasteiger partial charge is 0.349 e. The summed E-state index contributed by atoms with van der Waals surface area (Å²) in [5, 5.41) is 2.98. The predicted molar refractivity (Wildman–Crippen MR) is 72.3 cm³/mol. The van der Waals surface area contributed by atoms with Gasteiger partial charge in [0.1, 0.15) is 5.69 Å². The second kappa shape index (κ2) is 5.14. The van der Waals surface area contributed by atoms with E-state index in [1.165, 1.54) is 12.8 Å². The van der Waals surface area contributed by atoms with E-state index in [2.05, 4.69) is 12.2 Å². The first-order valence-corrected chi connectivity index (χ1v) is 6.71. The van der Waals surface area contributed by atoms with E-state index < -0.39 is 0 Å². The molecule has 1 aliphatic carbocycles. The molecule has 1 aromatic heterocycles. The molecule has 2 rings (SSSR count). The third-order valence-electron chi connectivity index (χ3n) is 4.27. The van der Waals surface area contributed by atoms with Crippen molar-refractivity contribution in [1.82, 2.24) is 9.88 Å². The normalized spacial score (nSPS) is 28.1. The number of carbonyl (C=O) groups is 1. The maximum atomic E-state index is 12.0. The number of carbonyl (C=O) groups excluding carboxylic acids is 1. The number of nitrogens with zero attached hydrogens (tertiary/aromatic N) is 1. The van der Waals surface area contributed by atoms with Crippen molar-refractivity contribution < 1.29 is 4.79 Å². The van der Waals surface area contributed by atoms with E-state index in [4.69, 9.17) is 5.73 Å². The summed E-state index contributed by atoms with van der Waals surface area (Å²) >= 11 is 0. The molecular weight excluding hydrogens is 226 g/mol. The van der Waals surface area contributed by atoms with Crippen LogP contribution in [0.3, 0.4) is 0 Å². The van der Waals surface area contributed by atoms with Crippen molar-refractivity contribution in [3.63, 3.8) is 0 Å². The SMILES string of the molecule is CC1CCCCC1(N)CNC(=O)c1cccn1C. The van der Waals surface area contributed by atoms with E-state index in [1.807, 2.05) is 29.9 Å². The lowest BCUT2D eigenvalue weighted by molar-refractivity contribution is 0.0916. The number of hydrogen-bond acceptors (Lipinski definition) is 2. The summed E-state index contributed by atoms with van der Waals surface area (Å²) in [4.78, 5) is 12.0. The molecule has 1 heterocycles. The maximum absolute atomic E-state index is 12.0. The lowest BCUT2D eigenvalue weighted by Crippen LogP contribution is -2.56. The van der Waals surface area contributed by atoms with Crippen molar-refractivity contribution in [2.45, 2.75) is 38.1 Å². The average molecular weight is 249 g/mol. The molecule has 1 aromatic rings. The number of amides is 1. The Hall–Kier alpha value is -1.29. The second-order valence-electron chi connectivity index (χ2n) is 5.57. The van der Waals surface area contributed by atoms with Crippen molar-refractivity contribution >= 4 is 5.91 Å². The Labute approximate surface area is 109 Å². The Bertz CT molecular complexity index is 426. The Morgan fingerprint density at radius 2 is 2.39 bits per heavy atom. The molecule has 1 amide bonds. The van der Waals surface area contributed by atoms with Gasteiger partial charge < -0.3 is 15.6 Å². The summed E-state index contributed by atoms with van der Waals surface area (Å²) < 4.78 is 1.82. The number of hydrogen-bond donors (Lipinski definition) is 2. The lowest BCUT2D eigenvalue weighted by atomic mass is 9.74. The second-order valence-corrected chi connectivity index (χ2v) is 5.57. The Morgan fingerprint density at radius 3 is 3.00 bits per heavy atom. The molecule has 3 N–H and O–H groups in total. The molecule has 0 spiro atoms. The highest BCUT2D eigenvalue weighted by atomic mass is 16.1. The van der Waals surface area contributed by atoms with Gasteiger partial charge in [0.05, 0.1) is 0 Å². The molecule has 4 nitrogen and oxygen atoms in total. The standard InChI is InChI=1S/C14H23N3O/c1-11-6-3-4-8-14(11,15)10-16-13(18)12-7-5-9-17(12)2/h5,7,9,11H,3-4,6,8,10,15H2,1-2H3,(H,16,18). The highest BCUT2D eigenvalue weighted by Crippen LogP contribution is 2.30. The maximum Gasteiger partial charge on any atom is 0.267 e. The molecule has 100 valence electrons. The van der Waals surface area contributed by atoms with E-state index in [0.717, 1.165) is 12.8 Å². The zero-order valence-electron chi connectivity index (χ0n) is 11.3. The smallest absolute Gasteiger partial charge is 0.267 e. The molecule has 4 heteroatoms. The van der Waals surface area contributed by atoms with Gasteiger partial charge >= 0.3 is 0 Å². The minimum absolute atomic E-state index is 0.0369. The van der Waals surface area contributed by atoms with E-state index >= 15 is 0 Å². The number of aromatic nitrogens is 1. The van der Waals surface area contributed by atoms with Crippen LogP contribution in [0.5, 0.6) is 0 Å². The fourth-order valence-corrected chi connectivity index (χ4v) is 2.73. The first-order valence-electron chi connectivity index (χ1n) is 6.71. The minimum atomic E-state index is -0.237. The number of nitrogens with one attached hydrogen (secondary N) is 1. The molecule has 1 aliphatic rings. The van der Waals surface area contributed by atoms with E-state index in [1.54, 1.807) is 0 Å². The highest BCUT2D eigenvalue weighted by Gasteiger charge is 2.34. The topological polar surface area (TPSA) is 60.0 Å². The molecule has 18 heavy (non-hydrogen) atoms. The van der Waals surface area contributed by atoms with Crippen molar-refractivity contribution in [3.8, 4) is 0 Å². The molecule has 1 fully saturated rings. The summed E-state index contributed by atoms with van der Waals surface area (Å²) in [6.45, 7) is 2.76. The van der Waals surface area contributed by atoms with Crippen molar-refractivity contribution in [1.29, 1.82) is 0 Å². The predicted octanol–water partition coefficient (Wildman–Crippen LogP) is 1.66. The van der Waals surface area contributed by atoms with Gasteiger partial charge in [-0.15, -0.1) is 0 Å². The van der Waals surface area contributed by atoms with Crippen LogP contribution < -0.4 is 11.1 Å². The van der Waals surface area contributed by atoms with Gasteiger partial charge in [0.15, 0.2) is 0 Å². The monoisotopic (exact) mass is 249 g/mol. The van der Waals surface area contributed by atoms with Gasteiger partial charge in [0, 0.05) is 25.3 Å². The summed E-state index contributed by atoms with van der Waals surface area (Å²) in [5.41, 5.74) is 6.87. The third kappa shape index (κ3) is 2.58. The molecule has 2 unspecified atom stereocenters. The number of nitrogens with two attached hydrogens (primary N) is 1. The molecule has 0 bridgehead atoms. The van der Waals surface area contributed by atoms with Crippen LogP contribution in [0.4, 0.5) is 0 Å². The van der Waals surface area contributed by atoms with Gasteiger partial charge in [0.25, 0.3) is 5.91 Å². The third-order valence-corrected chi connectivity index (χ3v) is 4.27. The number of aryl methyl sites for hydroxylation is 1. The highest BCUT2D eigenvalue weighted by molar-refractivity contribution is 5.92. The van der Waals surface area contributed by atoms with Crippen molar-refractivity contribution in [3.05, 3.63) is 24.0 Å². The summed E-state index contributed by atoms with van der Waals surface area (Å²) in [5.74, 6) is 0.435. The van der Waals surface area contributed by atoms with Crippen LogP contribution in [0, 0.1) is 5.92 Å². The number of rotatable bonds is 3. The summed E-state index contributed by atoms with van der Waals surface area (Å²) in [6.07, 6.45) is 6.46. The van der Waals surface area contributed by atoms with Crippen LogP contribution in [0.15, 0.2) is 18.3 Å². The van der Waals surface area contributed by atoms with E-state index in [9.17, 15) is 4.79 Å². The Balaban J connectivity index is 1.95. The van der Waals surface area contributed by atoms with E-state index in [-0.39, 0.29) is 11.4 Å². The first kappa shape index (κ1) is 13.1. The van der Waals surface area contributed by atoms with Crippen LogP contribution >= 0.6 is 0 Å². The molecule has 1 saturated carbocycles. The van der Waals surface area contributed by atoms with Crippen molar-refractivity contribution in [2.75, 3.05) is 6.54 Å². The van der Waals surface area contributed by atoms with Gasteiger partial charge in [-0.3, -0.25) is 4.79 Å². The molecule has 0 radical (unpaired) electrons. The molecule has 2 atom stereocenters. The van der Waals surface area contributed by atoms with Gasteiger partial charge in [-0.1, -0.05) is 19.8 Å². The van der Waals surface area contributed by atoms with Gasteiger partial charge in [-0.25, -0.2) is 0 Å². The van der Waals surface area contributed by atoms with Crippen molar-refractivity contribution in [2.24, 2.45) is 18.7 Å². The first-order chi connectivity index (χ1) is 8.53. The molecule has 0 saturated heterocycles. The Morgan fingerprint density at radius 1 is 1.61 bits per heavy atom. The summed E-state index contributed by atoms with van der Waals surface area (Å²) in [6, 6.07) is 3.69. The lowest BCUT2D eigenvalue weighted by Gasteiger charge is -2.39.